The van der Waals surface area contributed by atoms with Crippen LogP contribution in [-0.2, 0) is 103 Å². The summed E-state index contributed by atoms with van der Waals surface area (Å²) < 4.78 is 75.4. The number of esters is 1. The molecule has 75 heavy (non-hydrogen) atoms. The highest BCUT2D eigenvalue weighted by atomic mass is 16.8. The molecular formula is C63H66O12. The number of benzene rings is 7. The number of hydrogen-bond donors (Lipinski definition) is 0. The molecule has 0 N–H and O–H groups in total. The van der Waals surface area contributed by atoms with E-state index in [4.69, 9.17) is 52.1 Å². The SMILES string of the molecule is CC(=O)O[C@@H]1[C@@H](O[C@@H]2[C@@H](OCc3ccccc3)O[C@H](COCc3ccccc3)[C@@H](OCc3ccccc3)[C@@H]2OCc2ccccc2)O[C@H](COCc2ccccc2)[C@@H](OCc2ccccc2)[C@@H]1OCc1ccccc1. The Hall–Kier alpha value is -6.39. The molecule has 2 aliphatic heterocycles. The van der Waals surface area contributed by atoms with Crippen LogP contribution in [0.25, 0.3) is 0 Å². The number of carbonyl (C=O) groups is 1. The van der Waals surface area contributed by atoms with Crippen LogP contribution in [0.1, 0.15) is 45.9 Å². The summed E-state index contributed by atoms with van der Waals surface area (Å²) >= 11 is 0. The number of carbonyl (C=O) groups excluding carboxylic acids is 1. The smallest absolute Gasteiger partial charge is 0.303 e. The zero-order valence-corrected chi connectivity index (χ0v) is 42.2. The Balaban J connectivity index is 1.11. The molecule has 7 aromatic rings. The molecule has 0 aromatic heterocycles. The van der Waals surface area contributed by atoms with Gasteiger partial charge in [0, 0.05) is 6.92 Å². The molecule has 2 aliphatic rings. The molecule has 10 atom stereocenters. The van der Waals surface area contributed by atoms with Gasteiger partial charge in [-0.05, 0) is 38.9 Å². The molecule has 0 saturated carbocycles. The van der Waals surface area contributed by atoms with Gasteiger partial charge >= 0.3 is 5.97 Å². The summed E-state index contributed by atoms with van der Waals surface area (Å²) in [6.45, 7) is 3.14. The van der Waals surface area contributed by atoms with Gasteiger partial charge in [0.25, 0.3) is 0 Å². The topological polar surface area (TPSA) is 119 Å². The minimum absolute atomic E-state index is 0.0683. The van der Waals surface area contributed by atoms with E-state index in [0.717, 1.165) is 38.9 Å². The molecular weight excluding hydrogens is 949 g/mol. The van der Waals surface area contributed by atoms with Crippen LogP contribution in [0.4, 0.5) is 0 Å². The first kappa shape index (κ1) is 53.4. The maximum atomic E-state index is 13.5. The third-order valence-electron chi connectivity index (χ3n) is 13.0. The summed E-state index contributed by atoms with van der Waals surface area (Å²) in [7, 11) is 0. The van der Waals surface area contributed by atoms with E-state index in [1.165, 1.54) is 6.92 Å². The molecule has 2 fully saturated rings. The molecule has 0 aliphatic carbocycles. The van der Waals surface area contributed by atoms with Gasteiger partial charge in [-0.25, -0.2) is 0 Å². The van der Waals surface area contributed by atoms with E-state index < -0.39 is 67.4 Å². The normalized spacial score (nSPS) is 23.6. The van der Waals surface area contributed by atoms with Crippen molar-refractivity contribution in [1.29, 1.82) is 0 Å². The average molecular weight is 1020 g/mol. The van der Waals surface area contributed by atoms with Gasteiger partial charge in [0.15, 0.2) is 18.7 Å². The Morgan fingerprint density at radius 2 is 0.613 bits per heavy atom. The molecule has 2 heterocycles. The van der Waals surface area contributed by atoms with Crippen molar-refractivity contribution in [3.05, 3.63) is 251 Å². The van der Waals surface area contributed by atoms with E-state index in [0.29, 0.717) is 13.2 Å². The van der Waals surface area contributed by atoms with Crippen LogP contribution in [0.3, 0.4) is 0 Å². The van der Waals surface area contributed by atoms with E-state index >= 15 is 0 Å². The van der Waals surface area contributed by atoms with Crippen LogP contribution in [0.15, 0.2) is 212 Å². The van der Waals surface area contributed by atoms with Crippen LogP contribution in [0.2, 0.25) is 0 Å². The summed E-state index contributed by atoms with van der Waals surface area (Å²) in [5, 5.41) is 0. The van der Waals surface area contributed by atoms with E-state index in [1.807, 2.05) is 212 Å². The highest BCUT2D eigenvalue weighted by Gasteiger charge is 2.55. The third kappa shape index (κ3) is 16.1. The Morgan fingerprint density at radius 3 is 0.947 bits per heavy atom. The first-order chi connectivity index (χ1) is 37.0. The van der Waals surface area contributed by atoms with Gasteiger partial charge in [0.2, 0.25) is 0 Å². The first-order valence-corrected chi connectivity index (χ1v) is 25.7. The Bertz CT molecular complexity index is 2670. The van der Waals surface area contributed by atoms with E-state index in [-0.39, 0.29) is 46.2 Å². The van der Waals surface area contributed by atoms with Gasteiger partial charge in [0.05, 0.1) is 59.5 Å². The summed E-state index contributed by atoms with van der Waals surface area (Å²) in [6, 6.07) is 69.2. The molecule has 9 rings (SSSR count). The van der Waals surface area contributed by atoms with Crippen LogP contribution in [0.5, 0.6) is 0 Å². The quantitative estimate of drug-likeness (QED) is 0.0481. The van der Waals surface area contributed by atoms with Crippen molar-refractivity contribution in [3.8, 4) is 0 Å². The molecule has 12 nitrogen and oxygen atoms in total. The van der Waals surface area contributed by atoms with Crippen molar-refractivity contribution in [2.45, 2.75) is 115 Å². The summed E-state index contributed by atoms with van der Waals surface area (Å²) in [5.74, 6) is -0.570. The standard InChI is InChI=1S/C63H66O12/c1-46(64)72-61-59(70-42-52-33-19-7-20-34-52)57(68-40-50-29-15-5-16-30-50)55(45-66-38-48-25-11-3-12-26-48)74-63(61)75-60-58(69-41-51-31-17-6-18-32-51)56(67-39-49-27-13-4-14-28-49)54(44-65-37-47-23-9-2-10-24-47)73-62(60)71-43-53-35-21-8-22-36-53/h2-36,54-63H,37-45H2,1H3/t54-,55-,56-,57-,58+,59+,60+,61+,62+,63-/m1/s1. The van der Waals surface area contributed by atoms with E-state index in [9.17, 15) is 4.79 Å². The van der Waals surface area contributed by atoms with Crippen molar-refractivity contribution in [1.82, 2.24) is 0 Å². The first-order valence-electron chi connectivity index (χ1n) is 25.7. The summed E-state index contributed by atoms with van der Waals surface area (Å²) in [6.07, 6.45) is -9.63. The Labute approximate surface area is 440 Å². The number of rotatable bonds is 26. The zero-order chi connectivity index (χ0) is 51.3. The number of hydrogen-bond acceptors (Lipinski definition) is 12. The van der Waals surface area contributed by atoms with Gasteiger partial charge in [-0.15, -0.1) is 0 Å². The highest BCUT2D eigenvalue weighted by Crippen LogP contribution is 2.37. The summed E-state index contributed by atoms with van der Waals surface area (Å²) in [4.78, 5) is 13.5. The van der Waals surface area contributed by atoms with E-state index in [2.05, 4.69) is 0 Å². The molecule has 0 radical (unpaired) electrons. The van der Waals surface area contributed by atoms with Crippen molar-refractivity contribution in [2.24, 2.45) is 0 Å². The molecule has 2 saturated heterocycles. The Kier molecular flexibility index (Phi) is 20.3. The fourth-order valence-corrected chi connectivity index (χ4v) is 9.22. The molecule has 390 valence electrons. The molecule has 0 bridgehead atoms. The minimum atomic E-state index is -1.31. The van der Waals surface area contributed by atoms with Crippen LogP contribution < -0.4 is 0 Å². The molecule has 0 spiro atoms. The fourth-order valence-electron chi connectivity index (χ4n) is 9.22. The predicted molar refractivity (Wildman–Crippen MR) is 281 cm³/mol. The van der Waals surface area contributed by atoms with Crippen molar-refractivity contribution in [2.75, 3.05) is 13.2 Å². The molecule has 12 heteroatoms. The van der Waals surface area contributed by atoms with E-state index in [1.54, 1.807) is 0 Å². The van der Waals surface area contributed by atoms with Crippen molar-refractivity contribution >= 4 is 5.97 Å². The van der Waals surface area contributed by atoms with Gasteiger partial charge in [-0.2, -0.15) is 0 Å². The minimum Gasteiger partial charge on any atom is -0.454 e. The molecule has 0 amide bonds. The van der Waals surface area contributed by atoms with Gasteiger partial charge < -0.3 is 52.1 Å². The highest BCUT2D eigenvalue weighted by molar-refractivity contribution is 5.66. The van der Waals surface area contributed by atoms with Gasteiger partial charge in [0.1, 0.15) is 42.7 Å². The second kappa shape index (κ2) is 28.5. The van der Waals surface area contributed by atoms with Crippen LogP contribution in [0, 0.1) is 0 Å². The van der Waals surface area contributed by atoms with Crippen LogP contribution in [-0.4, -0.2) is 80.6 Å². The number of ether oxygens (including phenoxy) is 11. The predicted octanol–water partition coefficient (Wildman–Crippen LogP) is 10.7. The third-order valence-corrected chi connectivity index (χ3v) is 13.0. The largest absolute Gasteiger partial charge is 0.454 e. The lowest BCUT2D eigenvalue weighted by molar-refractivity contribution is -0.381. The lowest BCUT2D eigenvalue weighted by Crippen LogP contribution is -2.66. The second-order valence-electron chi connectivity index (χ2n) is 18.6. The van der Waals surface area contributed by atoms with Crippen molar-refractivity contribution < 1.29 is 56.9 Å². The summed E-state index contributed by atoms with van der Waals surface area (Å²) in [5.41, 5.74) is 6.63. The fraction of sp³-hybridized carbons (Fsp3) is 0.317. The zero-order valence-electron chi connectivity index (χ0n) is 42.2. The van der Waals surface area contributed by atoms with Gasteiger partial charge in [-0.3, -0.25) is 4.79 Å². The van der Waals surface area contributed by atoms with Crippen LogP contribution >= 0.6 is 0 Å². The monoisotopic (exact) mass is 1010 g/mol. The second-order valence-corrected chi connectivity index (χ2v) is 18.6. The average Bonchev–Trinajstić information content (AvgIpc) is 3.45. The lowest BCUT2D eigenvalue weighted by Gasteiger charge is -2.50. The van der Waals surface area contributed by atoms with Gasteiger partial charge in [-0.1, -0.05) is 212 Å². The Morgan fingerprint density at radius 1 is 0.333 bits per heavy atom. The molecule has 0 unspecified atom stereocenters. The van der Waals surface area contributed by atoms with Crippen molar-refractivity contribution in [3.63, 3.8) is 0 Å². The molecule has 7 aromatic carbocycles. The maximum Gasteiger partial charge on any atom is 0.303 e. The maximum absolute atomic E-state index is 13.5. The lowest BCUT2D eigenvalue weighted by atomic mass is 9.96.